The first kappa shape index (κ1) is 23.6. The number of fused-ring (bicyclic) bond motifs is 1. The first-order valence-electron chi connectivity index (χ1n) is 11.3. The third kappa shape index (κ3) is 4.22. The van der Waals surface area contributed by atoms with Crippen LogP contribution in [0.2, 0.25) is 0 Å². The lowest BCUT2D eigenvalue weighted by atomic mass is 10.1. The number of nitrogens with one attached hydrogen (secondary N) is 1. The Labute approximate surface area is 202 Å². The highest BCUT2D eigenvalue weighted by Gasteiger charge is 2.22. The quantitative estimate of drug-likeness (QED) is 0.410. The fourth-order valence-electron chi connectivity index (χ4n) is 4.55. The van der Waals surface area contributed by atoms with Crippen molar-refractivity contribution >= 4 is 16.6 Å². The summed E-state index contributed by atoms with van der Waals surface area (Å²) in [4.78, 5) is 43.6. The highest BCUT2D eigenvalue weighted by Crippen LogP contribution is 2.24. The van der Waals surface area contributed by atoms with Gasteiger partial charge in [0.05, 0.1) is 24.0 Å². The molecule has 2 aromatic carbocycles. The van der Waals surface area contributed by atoms with E-state index >= 15 is 0 Å². The molecule has 11 heteroatoms. The first-order chi connectivity index (χ1) is 17.2. The molecule has 0 spiro atoms. The summed E-state index contributed by atoms with van der Waals surface area (Å²) in [6, 6.07) is 9.63. The third-order valence-corrected chi connectivity index (χ3v) is 6.41. The van der Waals surface area contributed by atoms with E-state index in [1.807, 2.05) is 4.90 Å². The van der Waals surface area contributed by atoms with Crippen molar-refractivity contribution in [3.05, 3.63) is 108 Å². The van der Waals surface area contributed by atoms with Crippen molar-refractivity contribution < 1.29 is 13.2 Å². The fraction of sp³-hybridized carbons (Fsp3) is 0.240. The molecule has 0 radical (unpaired) electrons. The number of nitrogens with zero attached hydrogens (tertiary/aromatic N) is 3. The maximum absolute atomic E-state index is 13.9. The Morgan fingerprint density at radius 3 is 2.39 bits per heavy atom. The first-order valence-corrected chi connectivity index (χ1v) is 11.3. The van der Waals surface area contributed by atoms with E-state index in [2.05, 4.69) is 4.98 Å². The molecule has 0 bridgehead atoms. The fourth-order valence-corrected chi connectivity index (χ4v) is 4.55. The van der Waals surface area contributed by atoms with Crippen LogP contribution in [0.1, 0.15) is 17.5 Å². The highest BCUT2D eigenvalue weighted by atomic mass is 19.2. The molecule has 8 nitrogen and oxygen atoms in total. The number of halogens is 3. The minimum Gasteiger partial charge on any atom is -0.370 e. The van der Waals surface area contributed by atoms with Crippen molar-refractivity contribution in [2.24, 2.45) is 5.73 Å². The normalized spacial score (nSPS) is 15.7. The second kappa shape index (κ2) is 9.15. The molecule has 1 fully saturated rings. The van der Waals surface area contributed by atoms with Crippen LogP contribution >= 0.6 is 0 Å². The molecule has 4 aromatic rings. The van der Waals surface area contributed by atoms with Gasteiger partial charge < -0.3 is 15.6 Å². The van der Waals surface area contributed by atoms with E-state index in [0.717, 1.165) is 28.8 Å². The van der Waals surface area contributed by atoms with Crippen molar-refractivity contribution in [3.63, 3.8) is 0 Å². The van der Waals surface area contributed by atoms with Gasteiger partial charge in [-0.2, -0.15) is 0 Å². The van der Waals surface area contributed by atoms with Crippen LogP contribution in [0.3, 0.4) is 0 Å². The zero-order valence-electron chi connectivity index (χ0n) is 19.0. The molecule has 3 heterocycles. The van der Waals surface area contributed by atoms with Crippen LogP contribution in [-0.4, -0.2) is 33.2 Å². The minimum absolute atomic E-state index is 0.00819. The molecule has 2 aromatic heterocycles. The van der Waals surface area contributed by atoms with Gasteiger partial charge >= 0.3 is 5.69 Å². The van der Waals surface area contributed by atoms with Gasteiger partial charge in [0, 0.05) is 36.6 Å². The van der Waals surface area contributed by atoms with Gasteiger partial charge in [-0.05, 0) is 48.4 Å². The van der Waals surface area contributed by atoms with Crippen LogP contribution in [-0.2, 0) is 13.1 Å². The zero-order chi connectivity index (χ0) is 25.6. The van der Waals surface area contributed by atoms with Crippen LogP contribution < -0.4 is 27.4 Å². The maximum Gasteiger partial charge on any atom is 0.332 e. The van der Waals surface area contributed by atoms with Crippen LogP contribution in [0.15, 0.2) is 63.0 Å². The molecule has 0 amide bonds. The smallest absolute Gasteiger partial charge is 0.332 e. The molecule has 1 unspecified atom stereocenters. The molecule has 0 aliphatic carbocycles. The maximum atomic E-state index is 13.9. The number of aromatic amines is 1. The second-order valence-electron chi connectivity index (χ2n) is 8.85. The standard InChI is InChI=1S/C25H22F3N5O3/c26-19-8-14(9-20(27)22(19)28)11-32-21-10-17(31-7-5-16(29)13-31)3-4-18(21)24(35)33(25(32)36)12-15-2-1-6-30-23(15)34/h1-4,6,8-10,16H,5,7,11-13,29H2,(H,30,34). The van der Waals surface area contributed by atoms with Gasteiger partial charge in [-0.25, -0.2) is 18.0 Å². The van der Waals surface area contributed by atoms with Gasteiger partial charge in [0.25, 0.3) is 11.1 Å². The van der Waals surface area contributed by atoms with Gasteiger partial charge in [0.15, 0.2) is 17.5 Å². The molecule has 5 rings (SSSR count). The number of nitrogens with two attached hydrogens (primary N) is 1. The van der Waals surface area contributed by atoms with Crippen molar-refractivity contribution in [3.8, 4) is 0 Å². The molecular weight excluding hydrogens is 475 g/mol. The molecule has 1 aliphatic heterocycles. The van der Waals surface area contributed by atoms with Crippen molar-refractivity contribution in [2.45, 2.75) is 25.6 Å². The summed E-state index contributed by atoms with van der Waals surface area (Å²) in [7, 11) is 0. The van der Waals surface area contributed by atoms with Gasteiger partial charge in [-0.1, -0.05) is 6.07 Å². The monoisotopic (exact) mass is 497 g/mol. The largest absolute Gasteiger partial charge is 0.370 e. The Bertz CT molecular complexity index is 1640. The molecule has 36 heavy (non-hydrogen) atoms. The van der Waals surface area contributed by atoms with Crippen molar-refractivity contribution in [1.29, 1.82) is 0 Å². The summed E-state index contributed by atoms with van der Waals surface area (Å²) < 4.78 is 43.5. The minimum atomic E-state index is -1.61. The number of aromatic nitrogens is 3. The number of hydrogen-bond donors (Lipinski definition) is 2. The Hall–Kier alpha value is -4.12. The lowest BCUT2D eigenvalue weighted by Gasteiger charge is -2.20. The Morgan fingerprint density at radius 2 is 1.72 bits per heavy atom. The van der Waals surface area contributed by atoms with Gasteiger partial charge in [0.2, 0.25) is 0 Å². The Kier molecular flexibility index (Phi) is 6.00. The van der Waals surface area contributed by atoms with Crippen LogP contribution in [0, 0.1) is 17.5 Å². The predicted molar refractivity (Wildman–Crippen MR) is 129 cm³/mol. The number of H-pyrrole nitrogens is 1. The summed E-state index contributed by atoms with van der Waals surface area (Å²) in [5, 5.41) is 0.178. The SMILES string of the molecule is NC1CCN(c2ccc3c(=O)n(Cc4ccc[nH]c4=O)c(=O)n(Cc4cc(F)c(F)c(F)c4)c3c2)C1. The molecule has 3 N–H and O–H groups in total. The summed E-state index contributed by atoms with van der Waals surface area (Å²) in [6.07, 6.45) is 2.21. The highest BCUT2D eigenvalue weighted by molar-refractivity contribution is 5.82. The van der Waals surface area contributed by atoms with E-state index in [1.165, 1.54) is 16.8 Å². The average Bonchev–Trinajstić information content (AvgIpc) is 3.30. The predicted octanol–water partition coefficient (Wildman–Crippen LogP) is 1.90. The number of hydrogen-bond acceptors (Lipinski definition) is 5. The van der Waals surface area contributed by atoms with E-state index < -0.39 is 34.3 Å². The number of benzene rings is 2. The number of pyridine rings is 1. The van der Waals surface area contributed by atoms with Crippen LogP contribution in [0.25, 0.3) is 10.9 Å². The summed E-state index contributed by atoms with van der Waals surface area (Å²) in [6.45, 7) is 0.646. The van der Waals surface area contributed by atoms with Crippen LogP contribution in [0.4, 0.5) is 18.9 Å². The van der Waals surface area contributed by atoms with Gasteiger partial charge in [-0.15, -0.1) is 0 Å². The molecule has 186 valence electrons. The lowest BCUT2D eigenvalue weighted by Crippen LogP contribution is -2.41. The van der Waals surface area contributed by atoms with E-state index in [-0.39, 0.29) is 41.2 Å². The summed E-state index contributed by atoms with van der Waals surface area (Å²) >= 11 is 0. The zero-order valence-corrected chi connectivity index (χ0v) is 19.0. The van der Waals surface area contributed by atoms with Crippen LogP contribution in [0.5, 0.6) is 0 Å². The molecule has 1 saturated heterocycles. The molecular formula is C25H22F3N5O3. The van der Waals surface area contributed by atoms with E-state index in [4.69, 9.17) is 5.73 Å². The molecule has 1 aliphatic rings. The number of rotatable bonds is 5. The topological polar surface area (TPSA) is 106 Å². The van der Waals surface area contributed by atoms with Crippen molar-refractivity contribution in [1.82, 2.24) is 14.1 Å². The molecule has 1 atom stereocenters. The second-order valence-corrected chi connectivity index (χ2v) is 8.85. The van der Waals surface area contributed by atoms with E-state index in [1.54, 1.807) is 24.3 Å². The summed E-state index contributed by atoms with van der Waals surface area (Å²) in [5.41, 5.74) is 5.32. The third-order valence-electron chi connectivity index (χ3n) is 6.41. The van der Waals surface area contributed by atoms with Gasteiger partial charge in [-0.3, -0.25) is 18.7 Å². The Balaban J connectivity index is 1.72. The van der Waals surface area contributed by atoms with Gasteiger partial charge in [0.1, 0.15) is 0 Å². The molecule has 0 saturated carbocycles. The Morgan fingerprint density at radius 1 is 0.972 bits per heavy atom. The van der Waals surface area contributed by atoms with Crippen molar-refractivity contribution in [2.75, 3.05) is 18.0 Å². The lowest BCUT2D eigenvalue weighted by molar-refractivity contribution is 0.444. The average molecular weight is 497 g/mol. The number of anilines is 1. The van der Waals surface area contributed by atoms with E-state index in [0.29, 0.717) is 13.1 Å². The van der Waals surface area contributed by atoms with E-state index in [9.17, 15) is 27.6 Å². The summed E-state index contributed by atoms with van der Waals surface area (Å²) in [5.74, 6) is -4.40.